The molecule has 1 fully saturated rings. The Morgan fingerprint density at radius 1 is 1.39 bits per heavy atom. The third kappa shape index (κ3) is 2.94. The zero-order valence-electron chi connectivity index (χ0n) is 9.97. The molecule has 5 heteroatoms. The van der Waals surface area contributed by atoms with Gasteiger partial charge in [-0.3, -0.25) is 0 Å². The van der Waals surface area contributed by atoms with Gasteiger partial charge >= 0.3 is 0 Å². The highest BCUT2D eigenvalue weighted by Gasteiger charge is 2.18. The fourth-order valence-corrected chi connectivity index (χ4v) is 2.28. The van der Waals surface area contributed by atoms with Gasteiger partial charge in [0.15, 0.2) is 5.17 Å². The van der Waals surface area contributed by atoms with Crippen molar-refractivity contribution in [2.75, 3.05) is 0 Å². The molecular weight excluding hydrogens is 254 g/mol. The summed E-state index contributed by atoms with van der Waals surface area (Å²) in [6.45, 7) is -0.0871. The monoisotopic (exact) mass is 269 g/mol. The fourth-order valence-electron chi connectivity index (χ4n) is 2.17. The second-order valence-corrected chi connectivity index (χ2v) is 4.75. The highest BCUT2D eigenvalue weighted by Crippen LogP contribution is 2.28. The Hall–Kier alpha value is -1.26. The van der Waals surface area contributed by atoms with Crippen LogP contribution in [0.25, 0.3) is 0 Å². The van der Waals surface area contributed by atoms with E-state index in [0.717, 1.165) is 12.8 Å². The van der Waals surface area contributed by atoms with Crippen LogP contribution in [0.1, 0.15) is 36.8 Å². The van der Waals surface area contributed by atoms with Crippen molar-refractivity contribution in [2.45, 2.75) is 38.4 Å². The van der Waals surface area contributed by atoms with Gasteiger partial charge in [0.2, 0.25) is 0 Å². The number of hydrogen-bond acceptors (Lipinski definition) is 4. The molecule has 0 saturated heterocycles. The topological polar surface area (TPSA) is 62.1 Å². The normalized spacial score (nSPS) is 17.1. The van der Waals surface area contributed by atoms with Gasteiger partial charge in [0.1, 0.15) is 5.75 Å². The first kappa shape index (κ1) is 13.2. The van der Waals surface area contributed by atoms with Gasteiger partial charge in [-0.05, 0) is 31.7 Å². The summed E-state index contributed by atoms with van der Waals surface area (Å²) in [6, 6.07) is 5.12. The van der Waals surface area contributed by atoms with Crippen molar-refractivity contribution >= 4 is 16.8 Å². The summed E-state index contributed by atoms with van der Waals surface area (Å²) < 4.78 is 5.88. The van der Waals surface area contributed by atoms with Gasteiger partial charge in [0.05, 0.1) is 12.7 Å². The van der Waals surface area contributed by atoms with E-state index < -0.39 is 0 Å². The van der Waals surface area contributed by atoms with Crippen LogP contribution in [0, 0.1) is 0 Å². The number of ether oxygens (including phenoxy) is 1. The van der Waals surface area contributed by atoms with Gasteiger partial charge in [0.25, 0.3) is 0 Å². The summed E-state index contributed by atoms with van der Waals surface area (Å²) in [6.07, 6.45) is 4.64. The number of benzene rings is 1. The van der Waals surface area contributed by atoms with Crippen LogP contribution in [0.4, 0.5) is 0 Å². The van der Waals surface area contributed by atoms with Crippen LogP contribution in [0.2, 0.25) is 0 Å². The number of aliphatic hydroxyl groups is 1. The molecule has 1 aromatic rings. The first-order chi connectivity index (χ1) is 8.74. The van der Waals surface area contributed by atoms with Crippen molar-refractivity contribution in [3.8, 4) is 5.75 Å². The highest BCUT2D eigenvalue weighted by atomic mass is 35.5. The first-order valence-electron chi connectivity index (χ1n) is 6.03. The van der Waals surface area contributed by atoms with Crippen LogP contribution in [0.15, 0.2) is 23.4 Å². The maximum Gasteiger partial charge on any atom is 0.175 e. The van der Waals surface area contributed by atoms with Gasteiger partial charge in [-0.25, -0.2) is 0 Å². The van der Waals surface area contributed by atoms with Gasteiger partial charge < -0.3 is 15.1 Å². The van der Waals surface area contributed by atoms with Crippen molar-refractivity contribution in [3.05, 3.63) is 29.3 Å². The van der Waals surface area contributed by atoms with E-state index in [1.807, 2.05) is 0 Å². The van der Waals surface area contributed by atoms with Gasteiger partial charge in [-0.15, -0.1) is 0 Å². The van der Waals surface area contributed by atoms with Crippen LogP contribution in [-0.2, 0) is 6.61 Å². The Morgan fingerprint density at radius 3 is 2.72 bits per heavy atom. The molecule has 1 aliphatic rings. The molecule has 1 saturated carbocycles. The third-order valence-corrected chi connectivity index (χ3v) is 3.45. The molecule has 0 unspecified atom stereocenters. The lowest BCUT2D eigenvalue weighted by molar-refractivity contribution is 0.199. The molecule has 0 aromatic heterocycles. The van der Waals surface area contributed by atoms with E-state index in [-0.39, 0.29) is 17.9 Å². The molecule has 18 heavy (non-hydrogen) atoms. The Labute approximate surface area is 111 Å². The molecule has 0 aliphatic heterocycles. The van der Waals surface area contributed by atoms with E-state index in [4.69, 9.17) is 21.5 Å². The maximum atomic E-state index is 9.29. The molecule has 98 valence electrons. The molecule has 0 radical (unpaired) electrons. The van der Waals surface area contributed by atoms with Crippen LogP contribution in [-0.4, -0.2) is 21.6 Å². The first-order valence-corrected chi connectivity index (χ1v) is 6.40. The second-order valence-electron chi connectivity index (χ2n) is 4.40. The number of aliphatic hydroxyl groups excluding tert-OH is 1. The minimum Gasteiger partial charge on any atom is -0.490 e. The zero-order valence-corrected chi connectivity index (χ0v) is 10.7. The van der Waals surface area contributed by atoms with Crippen LogP contribution >= 0.6 is 11.6 Å². The summed E-state index contributed by atoms with van der Waals surface area (Å²) in [5, 5.41) is 20.9. The smallest absolute Gasteiger partial charge is 0.175 e. The van der Waals surface area contributed by atoms with E-state index in [1.165, 1.54) is 12.8 Å². The van der Waals surface area contributed by atoms with Crippen molar-refractivity contribution in [1.29, 1.82) is 0 Å². The summed E-state index contributed by atoms with van der Waals surface area (Å²) in [4.78, 5) is 0. The minimum atomic E-state index is -0.0871. The highest BCUT2D eigenvalue weighted by molar-refractivity contribution is 6.69. The lowest BCUT2D eigenvalue weighted by atomic mass is 10.1. The Balaban J connectivity index is 2.24. The summed E-state index contributed by atoms with van der Waals surface area (Å²) in [5.41, 5.74) is 1.29. The average Bonchev–Trinajstić information content (AvgIpc) is 2.90. The quantitative estimate of drug-likeness (QED) is 0.502. The number of rotatable bonds is 4. The van der Waals surface area contributed by atoms with Gasteiger partial charge in [0, 0.05) is 11.1 Å². The molecule has 0 amide bonds. The third-order valence-electron chi connectivity index (χ3n) is 3.16. The van der Waals surface area contributed by atoms with E-state index in [9.17, 15) is 5.11 Å². The Kier molecular flexibility index (Phi) is 4.44. The average molecular weight is 270 g/mol. The van der Waals surface area contributed by atoms with Crippen molar-refractivity contribution in [1.82, 2.24) is 0 Å². The molecule has 2 N–H and O–H groups in total. The van der Waals surface area contributed by atoms with Crippen molar-refractivity contribution in [2.24, 2.45) is 5.16 Å². The molecule has 1 aromatic carbocycles. The van der Waals surface area contributed by atoms with Crippen LogP contribution in [0.3, 0.4) is 0 Å². The molecular formula is C13H16ClNO3. The standard InChI is InChI=1S/C13H16ClNO3/c14-13(15-17)9-5-6-10(8-16)12(7-9)18-11-3-1-2-4-11/h5-7,11,16-17H,1-4,8H2/b15-13-. The second kappa shape index (κ2) is 6.07. The van der Waals surface area contributed by atoms with Gasteiger partial charge in [-0.2, -0.15) is 0 Å². The summed E-state index contributed by atoms with van der Waals surface area (Å²) >= 11 is 5.76. The predicted molar refractivity (Wildman–Crippen MR) is 69.4 cm³/mol. The molecule has 2 rings (SSSR count). The number of halogens is 1. The molecule has 0 spiro atoms. The molecule has 0 heterocycles. The number of oxime groups is 1. The van der Waals surface area contributed by atoms with E-state index in [2.05, 4.69) is 5.16 Å². The Morgan fingerprint density at radius 2 is 2.11 bits per heavy atom. The minimum absolute atomic E-state index is 0.00996. The van der Waals surface area contributed by atoms with E-state index in [0.29, 0.717) is 16.9 Å². The SMILES string of the molecule is OCc1ccc(/C(Cl)=N/O)cc1OC1CCCC1. The van der Waals surface area contributed by atoms with Crippen LogP contribution < -0.4 is 4.74 Å². The zero-order chi connectivity index (χ0) is 13.0. The Bertz CT molecular complexity index is 442. The maximum absolute atomic E-state index is 9.29. The van der Waals surface area contributed by atoms with Crippen LogP contribution in [0.5, 0.6) is 5.75 Å². The van der Waals surface area contributed by atoms with E-state index >= 15 is 0 Å². The van der Waals surface area contributed by atoms with E-state index in [1.54, 1.807) is 18.2 Å². The lowest BCUT2D eigenvalue weighted by Gasteiger charge is -2.16. The molecule has 0 atom stereocenters. The largest absolute Gasteiger partial charge is 0.490 e. The van der Waals surface area contributed by atoms with Crippen molar-refractivity contribution < 1.29 is 15.1 Å². The van der Waals surface area contributed by atoms with Gasteiger partial charge in [-0.1, -0.05) is 28.9 Å². The molecule has 4 nitrogen and oxygen atoms in total. The fraction of sp³-hybridized carbons (Fsp3) is 0.462. The predicted octanol–water partition coefficient (Wildman–Crippen LogP) is 2.87. The summed E-state index contributed by atoms with van der Waals surface area (Å²) in [7, 11) is 0. The lowest BCUT2D eigenvalue weighted by Crippen LogP contribution is -2.12. The van der Waals surface area contributed by atoms with Crippen molar-refractivity contribution in [3.63, 3.8) is 0 Å². The number of hydrogen-bond donors (Lipinski definition) is 2. The summed E-state index contributed by atoms with van der Waals surface area (Å²) in [5.74, 6) is 0.615. The molecule has 1 aliphatic carbocycles. The number of nitrogens with zero attached hydrogens (tertiary/aromatic N) is 1. The molecule has 0 bridgehead atoms.